The summed E-state index contributed by atoms with van der Waals surface area (Å²) in [5, 5.41) is 0. The molecule has 2 aromatic carbocycles. The van der Waals surface area contributed by atoms with Gasteiger partial charge in [-0.2, -0.15) is 0 Å². The molecule has 0 aliphatic rings. The Morgan fingerprint density at radius 3 is 1.36 bits per heavy atom. The number of halogens is 2. The van der Waals surface area contributed by atoms with Crippen molar-refractivity contribution in [3.63, 3.8) is 0 Å². The lowest BCUT2D eigenvalue weighted by molar-refractivity contribution is 0.570. The standard InChI is InChI=1S/C14H12Cl2O4S2/c15-21(17,18)11-14(22(16,19)20,12-7-3-1-4-8-12)13-9-5-2-6-10-13/h1-10H,11H2. The van der Waals surface area contributed by atoms with E-state index in [4.69, 9.17) is 21.4 Å². The second-order valence-electron chi connectivity index (χ2n) is 4.68. The van der Waals surface area contributed by atoms with Crippen LogP contribution in [0.25, 0.3) is 0 Å². The number of hydrogen-bond acceptors (Lipinski definition) is 4. The lowest BCUT2D eigenvalue weighted by atomic mass is 9.92. The van der Waals surface area contributed by atoms with Crippen LogP contribution in [0.4, 0.5) is 0 Å². The van der Waals surface area contributed by atoms with Crippen LogP contribution < -0.4 is 0 Å². The molecule has 22 heavy (non-hydrogen) atoms. The van der Waals surface area contributed by atoms with Crippen LogP contribution in [0.15, 0.2) is 60.7 Å². The van der Waals surface area contributed by atoms with E-state index in [2.05, 4.69) is 0 Å². The van der Waals surface area contributed by atoms with Crippen molar-refractivity contribution < 1.29 is 16.8 Å². The third-order valence-electron chi connectivity index (χ3n) is 3.27. The molecule has 0 N–H and O–H groups in total. The fourth-order valence-corrected chi connectivity index (χ4v) is 6.65. The highest BCUT2D eigenvalue weighted by Gasteiger charge is 2.49. The first-order valence-electron chi connectivity index (χ1n) is 6.14. The molecule has 0 amide bonds. The van der Waals surface area contributed by atoms with Gasteiger partial charge in [0, 0.05) is 21.4 Å². The van der Waals surface area contributed by atoms with Gasteiger partial charge in [-0.3, -0.25) is 0 Å². The van der Waals surface area contributed by atoms with Gasteiger partial charge in [-0.15, -0.1) is 0 Å². The predicted molar refractivity (Wildman–Crippen MR) is 88.1 cm³/mol. The lowest BCUT2D eigenvalue weighted by Gasteiger charge is -2.30. The Labute approximate surface area is 138 Å². The molecule has 0 heterocycles. The monoisotopic (exact) mass is 378 g/mol. The number of rotatable bonds is 5. The van der Waals surface area contributed by atoms with E-state index < -0.39 is 28.6 Å². The zero-order valence-electron chi connectivity index (χ0n) is 11.2. The van der Waals surface area contributed by atoms with Gasteiger partial charge in [-0.25, -0.2) is 16.8 Å². The Kier molecular flexibility index (Phi) is 4.87. The van der Waals surface area contributed by atoms with Crippen LogP contribution >= 0.6 is 21.4 Å². The average Bonchev–Trinajstić information content (AvgIpc) is 2.44. The predicted octanol–water partition coefficient (Wildman–Crippen LogP) is 3.07. The normalized spacial score (nSPS) is 13.0. The summed E-state index contributed by atoms with van der Waals surface area (Å²) < 4.78 is 46.1. The van der Waals surface area contributed by atoms with Crippen LogP contribution in [-0.4, -0.2) is 22.6 Å². The summed E-state index contributed by atoms with van der Waals surface area (Å²) in [5.41, 5.74) is 0.473. The highest BCUT2D eigenvalue weighted by atomic mass is 35.7. The van der Waals surface area contributed by atoms with E-state index in [1.54, 1.807) is 36.4 Å². The van der Waals surface area contributed by atoms with Gasteiger partial charge in [-0.1, -0.05) is 60.7 Å². The minimum atomic E-state index is -4.36. The molecular weight excluding hydrogens is 367 g/mol. The van der Waals surface area contributed by atoms with Crippen LogP contribution in [0, 0.1) is 0 Å². The average molecular weight is 379 g/mol. The zero-order valence-corrected chi connectivity index (χ0v) is 14.3. The minimum Gasteiger partial charge on any atom is -0.212 e. The van der Waals surface area contributed by atoms with Crippen molar-refractivity contribution in [1.29, 1.82) is 0 Å². The SMILES string of the molecule is O=S(=O)(Cl)CC(c1ccccc1)(c1ccccc1)S(=O)(=O)Cl. The van der Waals surface area contributed by atoms with Gasteiger partial charge in [0.05, 0.1) is 5.75 Å². The molecule has 0 saturated heterocycles. The van der Waals surface area contributed by atoms with Crippen molar-refractivity contribution in [2.45, 2.75) is 4.75 Å². The van der Waals surface area contributed by atoms with Gasteiger partial charge in [-0.05, 0) is 11.1 Å². The molecule has 0 saturated carbocycles. The van der Waals surface area contributed by atoms with Gasteiger partial charge >= 0.3 is 0 Å². The zero-order chi connectivity index (χ0) is 16.4. The molecule has 8 heteroatoms. The van der Waals surface area contributed by atoms with Crippen molar-refractivity contribution in [2.24, 2.45) is 0 Å². The highest BCUT2D eigenvalue weighted by Crippen LogP contribution is 2.41. The first-order valence-corrected chi connectivity index (χ1v) is 10.9. The molecule has 0 spiro atoms. The number of benzene rings is 2. The molecule has 2 aromatic rings. The van der Waals surface area contributed by atoms with E-state index >= 15 is 0 Å². The minimum absolute atomic E-state index is 0.237. The maximum absolute atomic E-state index is 12.4. The van der Waals surface area contributed by atoms with E-state index in [9.17, 15) is 16.8 Å². The molecule has 0 aromatic heterocycles. The van der Waals surface area contributed by atoms with E-state index in [-0.39, 0.29) is 11.1 Å². The third-order valence-corrected chi connectivity index (χ3v) is 6.80. The fraction of sp³-hybridized carbons (Fsp3) is 0.143. The first kappa shape index (κ1) is 17.3. The van der Waals surface area contributed by atoms with Crippen molar-refractivity contribution in [3.05, 3.63) is 71.8 Å². The van der Waals surface area contributed by atoms with Crippen molar-refractivity contribution in [3.8, 4) is 0 Å². The molecule has 0 radical (unpaired) electrons. The summed E-state index contributed by atoms with van der Waals surface area (Å²) in [6.45, 7) is 0. The molecule has 0 atom stereocenters. The van der Waals surface area contributed by atoms with Crippen LogP contribution in [0.5, 0.6) is 0 Å². The Balaban J connectivity index is 2.88. The fourth-order valence-electron chi connectivity index (χ4n) is 2.34. The van der Waals surface area contributed by atoms with Crippen LogP contribution in [0.1, 0.15) is 11.1 Å². The Morgan fingerprint density at radius 1 is 0.727 bits per heavy atom. The molecule has 0 fully saturated rings. The van der Waals surface area contributed by atoms with Gasteiger partial charge in [0.25, 0.3) is 0 Å². The van der Waals surface area contributed by atoms with Crippen molar-refractivity contribution in [2.75, 3.05) is 5.75 Å². The molecule has 0 unspecified atom stereocenters. The maximum Gasteiger partial charge on any atom is 0.247 e. The summed E-state index contributed by atoms with van der Waals surface area (Å²) in [4.78, 5) is 0. The Morgan fingerprint density at radius 2 is 1.09 bits per heavy atom. The summed E-state index contributed by atoms with van der Waals surface area (Å²) in [6.07, 6.45) is 0. The van der Waals surface area contributed by atoms with Gasteiger partial charge < -0.3 is 0 Å². The van der Waals surface area contributed by atoms with E-state index in [0.29, 0.717) is 0 Å². The summed E-state index contributed by atoms with van der Waals surface area (Å²) >= 11 is 0. The van der Waals surface area contributed by atoms with Crippen LogP contribution in [0.2, 0.25) is 0 Å². The van der Waals surface area contributed by atoms with E-state index in [1.807, 2.05) is 0 Å². The molecule has 0 bridgehead atoms. The topological polar surface area (TPSA) is 68.3 Å². The van der Waals surface area contributed by atoms with Gasteiger partial charge in [0.1, 0.15) is 0 Å². The molecule has 4 nitrogen and oxygen atoms in total. The molecule has 118 valence electrons. The highest BCUT2D eigenvalue weighted by molar-refractivity contribution is 8.17. The smallest absolute Gasteiger partial charge is 0.212 e. The van der Waals surface area contributed by atoms with Crippen molar-refractivity contribution in [1.82, 2.24) is 0 Å². The lowest BCUT2D eigenvalue weighted by Crippen LogP contribution is -2.40. The quantitative estimate of drug-likeness (QED) is 0.749. The van der Waals surface area contributed by atoms with E-state index in [0.717, 1.165) is 0 Å². The van der Waals surface area contributed by atoms with Gasteiger partial charge in [0.2, 0.25) is 18.1 Å². The summed E-state index contributed by atoms with van der Waals surface area (Å²) in [6, 6.07) is 15.8. The number of hydrogen-bond donors (Lipinski definition) is 0. The van der Waals surface area contributed by atoms with E-state index in [1.165, 1.54) is 24.3 Å². The van der Waals surface area contributed by atoms with Gasteiger partial charge in [0.15, 0.2) is 4.75 Å². The van der Waals surface area contributed by atoms with Crippen molar-refractivity contribution >= 4 is 39.5 Å². The maximum atomic E-state index is 12.4. The second kappa shape index (κ2) is 6.20. The van der Waals surface area contributed by atoms with Crippen LogP contribution in [0.3, 0.4) is 0 Å². The Bertz CT molecular complexity index is 809. The summed E-state index contributed by atoms with van der Waals surface area (Å²) in [5.74, 6) is -0.860. The Hall–Kier alpha value is -1.08. The molecule has 0 aliphatic heterocycles. The van der Waals surface area contributed by atoms with Crippen LogP contribution in [-0.2, 0) is 22.8 Å². The molecular formula is C14H12Cl2O4S2. The summed E-state index contributed by atoms with van der Waals surface area (Å²) in [7, 11) is 2.54. The first-order chi connectivity index (χ1) is 10.2. The third kappa shape index (κ3) is 3.46. The molecule has 0 aliphatic carbocycles. The molecule has 2 rings (SSSR count). The largest absolute Gasteiger partial charge is 0.247 e. The second-order valence-corrected chi connectivity index (χ2v) is 10.2.